The van der Waals surface area contributed by atoms with Gasteiger partial charge in [-0.05, 0) is 65.1 Å². The summed E-state index contributed by atoms with van der Waals surface area (Å²) in [5.74, 6) is 0. The molecule has 0 unspecified atom stereocenters. The van der Waals surface area contributed by atoms with Crippen LogP contribution >= 0.6 is 22.6 Å². The average molecular weight is 437 g/mol. The van der Waals surface area contributed by atoms with Gasteiger partial charge in [-0.15, -0.1) is 0 Å². The first kappa shape index (κ1) is 16.2. The summed E-state index contributed by atoms with van der Waals surface area (Å²) in [5.41, 5.74) is 0.453. The number of anilines is 1. The Morgan fingerprint density at radius 1 is 0.905 bits per heavy atom. The lowest BCUT2D eigenvalue weighted by Gasteiger charge is -2.09. The van der Waals surface area contributed by atoms with Crippen LogP contribution in [0.5, 0.6) is 0 Å². The van der Waals surface area contributed by atoms with E-state index in [9.17, 15) is 16.8 Å². The number of hydrogen-bond donors (Lipinski definition) is 1. The van der Waals surface area contributed by atoms with Crippen LogP contribution in [0.1, 0.15) is 0 Å². The fourth-order valence-corrected chi connectivity index (χ4v) is 3.86. The molecule has 0 fully saturated rings. The van der Waals surface area contributed by atoms with E-state index >= 15 is 0 Å². The molecule has 1 N–H and O–H groups in total. The van der Waals surface area contributed by atoms with Crippen LogP contribution in [0.15, 0.2) is 58.3 Å². The summed E-state index contributed by atoms with van der Waals surface area (Å²) in [6.45, 7) is 0. The van der Waals surface area contributed by atoms with E-state index in [-0.39, 0.29) is 9.79 Å². The molecule has 0 radical (unpaired) electrons. The smallest absolute Gasteiger partial charge is 0.261 e. The molecule has 0 aliphatic heterocycles. The van der Waals surface area contributed by atoms with Crippen molar-refractivity contribution in [3.05, 3.63) is 52.1 Å². The summed E-state index contributed by atoms with van der Waals surface area (Å²) < 4.78 is 50.5. The van der Waals surface area contributed by atoms with Crippen LogP contribution in [0.25, 0.3) is 0 Å². The lowest BCUT2D eigenvalue weighted by atomic mass is 10.3. The molecule has 0 aliphatic rings. The van der Waals surface area contributed by atoms with Gasteiger partial charge in [-0.1, -0.05) is 6.07 Å². The molecule has 5 nitrogen and oxygen atoms in total. The van der Waals surface area contributed by atoms with E-state index in [0.717, 1.165) is 9.83 Å². The maximum absolute atomic E-state index is 12.2. The molecule has 21 heavy (non-hydrogen) atoms. The number of nitrogens with one attached hydrogen (secondary N) is 1. The summed E-state index contributed by atoms with van der Waals surface area (Å²) in [6.07, 6.45) is 1.07. The maximum Gasteiger partial charge on any atom is 0.261 e. The summed E-state index contributed by atoms with van der Waals surface area (Å²) in [5, 5.41) is 0. The third-order valence-corrected chi connectivity index (χ3v) is 5.84. The molecule has 2 aromatic rings. The minimum absolute atomic E-state index is 0.00811. The van der Waals surface area contributed by atoms with Gasteiger partial charge in [0.05, 0.1) is 9.79 Å². The molecule has 112 valence electrons. The molecular formula is C13H12INO4S2. The Labute approximate surface area is 137 Å². The molecule has 0 atom stereocenters. The third-order valence-electron chi connectivity index (χ3n) is 2.64. The second-order valence-corrected chi connectivity index (χ2v) is 9.30. The Bertz CT molecular complexity index is 859. The first-order chi connectivity index (χ1) is 9.68. The highest BCUT2D eigenvalue weighted by molar-refractivity contribution is 14.1. The van der Waals surface area contributed by atoms with E-state index in [1.807, 2.05) is 6.07 Å². The number of sulfonamides is 1. The second-order valence-electron chi connectivity index (χ2n) is 4.36. The number of hydrogen-bond acceptors (Lipinski definition) is 4. The first-order valence-electron chi connectivity index (χ1n) is 5.77. The molecule has 2 rings (SSSR count). The van der Waals surface area contributed by atoms with Crippen molar-refractivity contribution in [1.29, 1.82) is 0 Å². The van der Waals surface area contributed by atoms with Crippen LogP contribution in [-0.4, -0.2) is 23.1 Å². The molecule has 0 spiro atoms. The van der Waals surface area contributed by atoms with Crippen molar-refractivity contribution in [3.63, 3.8) is 0 Å². The van der Waals surface area contributed by atoms with Crippen molar-refractivity contribution >= 4 is 48.1 Å². The molecule has 0 saturated heterocycles. The zero-order chi connectivity index (χ0) is 15.7. The van der Waals surface area contributed by atoms with Gasteiger partial charge in [0.1, 0.15) is 0 Å². The Kier molecular flexibility index (Phi) is 4.59. The van der Waals surface area contributed by atoms with Crippen LogP contribution in [0.4, 0.5) is 5.69 Å². The number of benzene rings is 2. The number of rotatable bonds is 4. The van der Waals surface area contributed by atoms with Crippen molar-refractivity contribution in [2.24, 2.45) is 0 Å². The van der Waals surface area contributed by atoms with Crippen LogP contribution in [-0.2, 0) is 19.9 Å². The molecule has 0 heterocycles. The third kappa shape index (κ3) is 4.17. The van der Waals surface area contributed by atoms with Crippen molar-refractivity contribution in [3.8, 4) is 0 Å². The molecule has 8 heteroatoms. The van der Waals surface area contributed by atoms with Gasteiger partial charge in [-0.25, -0.2) is 16.8 Å². The molecule has 0 aliphatic carbocycles. The Morgan fingerprint density at radius 2 is 1.48 bits per heavy atom. The Morgan fingerprint density at radius 3 is 2.00 bits per heavy atom. The van der Waals surface area contributed by atoms with E-state index in [2.05, 4.69) is 27.3 Å². The maximum atomic E-state index is 12.2. The van der Waals surface area contributed by atoms with Crippen LogP contribution < -0.4 is 4.72 Å². The SMILES string of the molecule is CS(=O)(=O)c1ccc(S(=O)(=O)Nc2cccc(I)c2)cc1. The van der Waals surface area contributed by atoms with Gasteiger partial charge >= 0.3 is 0 Å². The Hall–Kier alpha value is -1.13. The molecule has 0 bridgehead atoms. The van der Waals surface area contributed by atoms with E-state index in [1.54, 1.807) is 18.2 Å². The van der Waals surface area contributed by atoms with Crippen LogP contribution in [0, 0.1) is 3.57 Å². The topological polar surface area (TPSA) is 80.3 Å². The quantitative estimate of drug-likeness (QED) is 0.746. The van der Waals surface area contributed by atoms with Gasteiger partial charge in [-0.2, -0.15) is 0 Å². The van der Waals surface area contributed by atoms with Crippen molar-refractivity contribution in [1.82, 2.24) is 0 Å². The fraction of sp³-hybridized carbons (Fsp3) is 0.0769. The first-order valence-corrected chi connectivity index (χ1v) is 10.2. The van der Waals surface area contributed by atoms with Gasteiger partial charge in [0, 0.05) is 15.5 Å². The average Bonchev–Trinajstić information content (AvgIpc) is 2.37. The molecule has 2 aromatic carbocycles. The van der Waals surface area contributed by atoms with Crippen LogP contribution in [0.3, 0.4) is 0 Å². The molecule has 0 saturated carbocycles. The lowest BCUT2D eigenvalue weighted by molar-refractivity contribution is 0.597. The summed E-state index contributed by atoms with van der Waals surface area (Å²) in [6, 6.07) is 12.0. The van der Waals surface area contributed by atoms with E-state index in [4.69, 9.17) is 0 Å². The summed E-state index contributed by atoms with van der Waals surface area (Å²) in [7, 11) is -7.09. The summed E-state index contributed by atoms with van der Waals surface area (Å²) in [4.78, 5) is 0.0875. The minimum Gasteiger partial charge on any atom is -0.280 e. The van der Waals surface area contributed by atoms with E-state index in [1.165, 1.54) is 24.3 Å². The molecule has 0 amide bonds. The minimum atomic E-state index is -3.74. The van der Waals surface area contributed by atoms with Crippen LogP contribution in [0.2, 0.25) is 0 Å². The highest BCUT2D eigenvalue weighted by Gasteiger charge is 2.15. The van der Waals surface area contributed by atoms with Gasteiger partial charge in [0.2, 0.25) is 0 Å². The molecule has 0 aromatic heterocycles. The number of sulfone groups is 1. The molecular weight excluding hydrogens is 425 g/mol. The van der Waals surface area contributed by atoms with Gasteiger partial charge in [0.25, 0.3) is 10.0 Å². The predicted octanol–water partition coefficient (Wildman–Crippen LogP) is 2.50. The monoisotopic (exact) mass is 437 g/mol. The Balaban J connectivity index is 2.32. The second kappa shape index (κ2) is 5.93. The largest absolute Gasteiger partial charge is 0.280 e. The zero-order valence-corrected chi connectivity index (χ0v) is 14.7. The van der Waals surface area contributed by atoms with E-state index in [0.29, 0.717) is 5.69 Å². The normalized spacial score (nSPS) is 12.1. The van der Waals surface area contributed by atoms with Crippen molar-refractivity contribution < 1.29 is 16.8 Å². The summed E-state index contributed by atoms with van der Waals surface area (Å²) >= 11 is 2.08. The predicted molar refractivity (Wildman–Crippen MR) is 89.5 cm³/mol. The standard InChI is InChI=1S/C13H12INO4S2/c1-20(16,17)12-5-7-13(8-6-12)21(18,19)15-11-4-2-3-10(14)9-11/h2-9,15H,1H3. The van der Waals surface area contributed by atoms with Gasteiger partial charge in [0.15, 0.2) is 9.84 Å². The zero-order valence-electron chi connectivity index (χ0n) is 10.9. The fourth-order valence-electron chi connectivity index (χ4n) is 1.63. The van der Waals surface area contributed by atoms with Crippen molar-refractivity contribution in [2.75, 3.05) is 11.0 Å². The highest BCUT2D eigenvalue weighted by atomic mass is 127. The lowest BCUT2D eigenvalue weighted by Crippen LogP contribution is -2.13. The number of halogens is 1. The van der Waals surface area contributed by atoms with Gasteiger partial charge in [-0.3, -0.25) is 4.72 Å². The van der Waals surface area contributed by atoms with Crippen molar-refractivity contribution in [2.45, 2.75) is 9.79 Å². The van der Waals surface area contributed by atoms with Gasteiger partial charge < -0.3 is 0 Å². The van der Waals surface area contributed by atoms with E-state index < -0.39 is 19.9 Å². The highest BCUT2D eigenvalue weighted by Crippen LogP contribution is 2.19.